The van der Waals surface area contributed by atoms with Gasteiger partial charge in [0.15, 0.2) is 12.4 Å². The molecule has 0 amide bonds. The summed E-state index contributed by atoms with van der Waals surface area (Å²) in [6.45, 7) is 3.71. The summed E-state index contributed by atoms with van der Waals surface area (Å²) in [5.41, 5.74) is 2.20. The maximum Gasteiger partial charge on any atom is 0.339 e. The Bertz CT molecular complexity index is 956. The lowest BCUT2D eigenvalue weighted by molar-refractivity contribution is -0.147. The van der Waals surface area contributed by atoms with Gasteiger partial charge >= 0.3 is 5.97 Å². The molecular weight excluding hydrogens is 410 g/mol. The molecule has 0 spiro atoms. The number of nitrogens with zero attached hydrogens (tertiary/aromatic N) is 1. The molecule has 2 aromatic rings. The number of esters is 1. The molecular formula is C25H29NO4S. The number of aryl methyl sites for hydroxylation is 2. The van der Waals surface area contributed by atoms with Crippen molar-refractivity contribution >= 4 is 23.5 Å². The molecule has 1 aromatic heterocycles. The number of hydrogen-bond acceptors (Lipinski definition) is 6. The van der Waals surface area contributed by atoms with E-state index in [0.29, 0.717) is 29.1 Å². The molecule has 0 N–H and O–H groups in total. The standard InChI is InChI=1S/C25H29NO4S/c1-15-21(16(2)30-26-15)14-31-22-6-4-3-5-20(22)24(28)29-13-23(27)25-10-17-7-18(11-25)9-19(8-17)12-25/h3-6,17-19H,7-14H2,1-2H3. The minimum atomic E-state index is -0.417. The lowest BCUT2D eigenvalue weighted by Gasteiger charge is -2.55. The smallest absolute Gasteiger partial charge is 0.339 e. The first-order chi connectivity index (χ1) is 14.9. The lowest BCUT2D eigenvalue weighted by Crippen LogP contribution is -2.51. The molecule has 0 aliphatic heterocycles. The summed E-state index contributed by atoms with van der Waals surface area (Å²) < 4.78 is 10.8. The van der Waals surface area contributed by atoms with E-state index in [2.05, 4.69) is 5.16 Å². The monoisotopic (exact) mass is 439 g/mol. The number of carbonyl (C=O) groups excluding carboxylic acids is 2. The number of thioether (sulfide) groups is 1. The van der Waals surface area contributed by atoms with Gasteiger partial charge in [-0.15, -0.1) is 11.8 Å². The van der Waals surface area contributed by atoms with Crippen molar-refractivity contribution in [1.29, 1.82) is 0 Å². The molecule has 4 fully saturated rings. The van der Waals surface area contributed by atoms with Crippen LogP contribution in [0.15, 0.2) is 33.7 Å². The summed E-state index contributed by atoms with van der Waals surface area (Å²) in [7, 11) is 0. The fourth-order valence-corrected chi connectivity index (χ4v) is 7.63. The highest BCUT2D eigenvalue weighted by molar-refractivity contribution is 7.98. The summed E-state index contributed by atoms with van der Waals surface area (Å²) in [6.07, 6.45) is 6.88. The number of rotatable bonds is 7. The van der Waals surface area contributed by atoms with E-state index in [-0.39, 0.29) is 17.8 Å². The zero-order valence-corrected chi connectivity index (χ0v) is 19.0. The Kier molecular flexibility index (Phi) is 5.45. The van der Waals surface area contributed by atoms with Gasteiger partial charge in [-0.05, 0) is 82.3 Å². The fourth-order valence-electron chi connectivity index (χ4n) is 6.43. The second kappa shape index (κ2) is 8.12. The molecule has 4 saturated carbocycles. The van der Waals surface area contributed by atoms with Crippen LogP contribution in [-0.2, 0) is 15.3 Å². The first-order valence-electron chi connectivity index (χ1n) is 11.3. The van der Waals surface area contributed by atoms with E-state index < -0.39 is 5.97 Å². The molecule has 0 radical (unpaired) electrons. The van der Waals surface area contributed by atoms with Crippen molar-refractivity contribution in [3.05, 3.63) is 46.8 Å². The Morgan fingerprint density at radius 3 is 2.35 bits per heavy atom. The number of Topliss-reactive ketones (excluding diaryl/α,β-unsaturated/α-hetero) is 1. The van der Waals surface area contributed by atoms with Crippen molar-refractivity contribution in [3.63, 3.8) is 0 Å². The van der Waals surface area contributed by atoms with Gasteiger partial charge in [0, 0.05) is 21.6 Å². The Hall–Kier alpha value is -2.08. The number of hydrogen-bond donors (Lipinski definition) is 0. The molecule has 4 aliphatic carbocycles. The van der Waals surface area contributed by atoms with Gasteiger partial charge in [-0.1, -0.05) is 17.3 Å². The molecule has 1 aromatic carbocycles. The predicted molar refractivity (Wildman–Crippen MR) is 118 cm³/mol. The van der Waals surface area contributed by atoms with Crippen molar-refractivity contribution < 1.29 is 18.8 Å². The largest absolute Gasteiger partial charge is 0.454 e. The highest BCUT2D eigenvalue weighted by atomic mass is 32.2. The SMILES string of the molecule is Cc1noc(C)c1CSc1ccccc1C(=O)OCC(=O)C12CC3CC(CC(C3)C1)C2. The van der Waals surface area contributed by atoms with Gasteiger partial charge in [0.1, 0.15) is 5.76 Å². The maximum atomic E-state index is 13.2. The molecule has 1 heterocycles. The quantitative estimate of drug-likeness (QED) is 0.418. The van der Waals surface area contributed by atoms with Gasteiger partial charge in [-0.25, -0.2) is 4.79 Å². The maximum absolute atomic E-state index is 13.2. The summed E-state index contributed by atoms with van der Waals surface area (Å²) in [6, 6.07) is 7.43. The highest BCUT2D eigenvalue weighted by Gasteiger charge is 2.54. The van der Waals surface area contributed by atoms with Crippen LogP contribution in [0.2, 0.25) is 0 Å². The Balaban J connectivity index is 1.23. The van der Waals surface area contributed by atoms with Crippen molar-refractivity contribution in [2.75, 3.05) is 6.61 Å². The van der Waals surface area contributed by atoms with E-state index in [1.54, 1.807) is 17.8 Å². The summed E-state index contributed by atoms with van der Waals surface area (Å²) >= 11 is 1.56. The van der Waals surface area contributed by atoms with E-state index >= 15 is 0 Å². The van der Waals surface area contributed by atoms with E-state index in [0.717, 1.165) is 41.2 Å². The molecule has 31 heavy (non-hydrogen) atoms. The number of carbonyl (C=O) groups is 2. The van der Waals surface area contributed by atoms with Crippen LogP contribution in [0, 0.1) is 37.0 Å². The normalized spacial score (nSPS) is 28.6. The number of aromatic nitrogens is 1. The molecule has 0 unspecified atom stereocenters. The van der Waals surface area contributed by atoms with Crippen LogP contribution in [0.3, 0.4) is 0 Å². The van der Waals surface area contributed by atoms with Crippen LogP contribution < -0.4 is 0 Å². The summed E-state index contributed by atoms with van der Waals surface area (Å²) in [5.74, 6) is 3.29. The lowest BCUT2D eigenvalue weighted by atomic mass is 9.48. The molecule has 5 nitrogen and oxygen atoms in total. The average molecular weight is 440 g/mol. The zero-order chi connectivity index (χ0) is 21.6. The van der Waals surface area contributed by atoms with Crippen LogP contribution in [0.5, 0.6) is 0 Å². The molecule has 4 aliphatic rings. The Labute approximate surface area is 187 Å². The number of ketones is 1. The Morgan fingerprint density at radius 1 is 1.10 bits per heavy atom. The second-order valence-electron chi connectivity index (χ2n) is 9.78. The third kappa shape index (κ3) is 3.95. The highest BCUT2D eigenvalue weighted by Crippen LogP contribution is 2.60. The van der Waals surface area contributed by atoms with E-state index in [1.165, 1.54) is 19.3 Å². The van der Waals surface area contributed by atoms with Gasteiger partial charge in [0.2, 0.25) is 0 Å². The van der Waals surface area contributed by atoms with Crippen molar-refractivity contribution in [3.8, 4) is 0 Å². The van der Waals surface area contributed by atoms with Gasteiger partial charge in [-0.3, -0.25) is 4.79 Å². The number of benzene rings is 1. The third-order valence-corrected chi connectivity index (χ3v) is 8.72. The topological polar surface area (TPSA) is 69.4 Å². The molecule has 6 heteroatoms. The molecule has 164 valence electrons. The number of ether oxygens (including phenoxy) is 1. The minimum Gasteiger partial charge on any atom is -0.454 e. The van der Waals surface area contributed by atoms with Crippen LogP contribution in [0.1, 0.15) is 65.9 Å². The first-order valence-corrected chi connectivity index (χ1v) is 12.3. The van der Waals surface area contributed by atoms with Crippen LogP contribution in [0.4, 0.5) is 0 Å². The molecule has 0 saturated heterocycles. The van der Waals surface area contributed by atoms with Gasteiger partial charge in [-0.2, -0.15) is 0 Å². The first kappa shape index (κ1) is 20.8. The Morgan fingerprint density at radius 2 is 1.74 bits per heavy atom. The fraction of sp³-hybridized carbons (Fsp3) is 0.560. The van der Waals surface area contributed by atoms with Gasteiger partial charge in [0.05, 0.1) is 11.3 Å². The van der Waals surface area contributed by atoms with Crippen LogP contribution >= 0.6 is 11.8 Å². The average Bonchev–Trinajstić information content (AvgIpc) is 3.07. The molecule has 0 atom stereocenters. The van der Waals surface area contributed by atoms with Crippen molar-refractivity contribution in [2.24, 2.45) is 23.2 Å². The van der Waals surface area contributed by atoms with E-state index in [4.69, 9.17) is 9.26 Å². The third-order valence-electron chi connectivity index (χ3n) is 7.62. The van der Waals surface area contributed by atoms with Crippen LogP contribution in [0.25, 0.3) is 0 Å². The summed E-state index contributed by atoms with van der Waals surface area (Å²) in [4.78, 5) is 26.9. The van der Waals surface area contributed by atoms with Gasteiger partial charge < -0.3 is 9.26 Å². The predicted octanol–water partition coefficient (Wildman–Crippen LogP) is 5.53. The zero-order valence-electron chi connectivity index (χ0n) is 18.2. The molecule has 4 bridgehead atoms. The second-order valence-corrected chi connectivity index (χ2v) is 10.8. The van der Waals surface area contributed by atoms with Gasteiger partial charge in [0.25, 0.3) is 0 Å². The van der Waals surface area contributed by atoms with E-state index in [9.17, 15) is 9.59 Å². The minimum absolute atomic E-state index is 0.103. The summed E-state index contributed by atoms with van der Waals surface area (Å²) in [5, 5.41) is 3.99. The van der Waals surface area contributed by atoms with Crippen molar-refractivity contribution in [1.82, 2.24) is 5.16 Å². The molecule has 6 rings (SSSR count). The van der Waals surface area contributed by atoms with Crippen LogP contribution in [-0.4, -0.2) is 23.5 Å². The van der Waals surface area contributed by atoms with E-state index in [1.807, 2.05) is 32.0 Å². The van der Waals surface area contributed by atoms with Crippen molar-refractivity contribution in [2.45, 2.75) is 63.0 Å².